The zero-order valence-electron chi connectivity index (χ0n) is 9.98. The van der Waals surface area contributed by atoms with Gasteiger partial charge in [-0.3, -0.25) is 4.79 Å². The molecule has 0 heterocycles. The summed E-state index contributed by atoms with van der Waals surface area (Å²) in [5, 5.41) is 11.4. The normalized spacial score (nSPS) is 16.2. The number of carboxylic acids is 1. The Kier molecular flexibility index (Phi) is 3.78. The number of hydrogen-bond acceptors (Lipinski definition) is 2. The van der Waals surface area contributed by atoms with Gasteiger partial charge in [0.15, 0.2) is 0 Å². The van der Waals surface area contributed by atoms with Crippen molar-refractivity contribution in [1.29, 1.82) is 0 Å². The molecule has 1 aliphatic carbocycles. The lowest BCUT2D eigenvalue weighted by Gasteiger charge is -2.13. The highest BCUT2D eigenvalue weighted by Crippen LogP contribution is 2.33. The Hall–Kier alpha value is -1.98. The molecule has 1 atom stereocenters. The smallest absolute Gasteiger partial charge is 0.326 e. The van der Waals surface area contributed by atoms with Gasteiger partial charge in [0.05, 0.1) is 0 Å². The van der Waals surface area contributed by atoms with Crippen molar-refractivity contribution in [2.75, 3.05) is 0 Å². The summed E-state index contributed by atoms with van der Waals surface area (Å²) in [6.07, 6.45) is -1.14. The van der Waals surface area contributed by atoms with Crippen LogP contribution in [0.15, 0.2) is 24.3 Å². The number of amides is 1. The van der Waals surface area contributed by atoms with Crippen molar-refractivity contribution in [2.24, 2.45) is 5.92 Å². The fourth-order valence-electron chi connectivity index (χ4n) is 1.85. The van der Waals surface area contributed by atoms with Crippen LogP contribution in [0.5, 0.6) is 0 Å². The second kappa shape index (κ2) is 5.34. The van der Waals surface area contributed by atoms with Crippen LogP contribution in [0.4, 0.5) is 8.78 Å². The third-order valence-electron chi connectivity index (χ3n) is 3.05. The highest BCUT2D eigenvalue weighted by atomic mass is 19.3. The Labute approximate surface area is 108 Å². The number of aliphatic carboxylic acids is 1. The van der Waals surface area contributed by atoms with E-state index < -0.39 is 24.3 Å². The molecule has 1 fully saturated rings. The summed E-state index contributed by atoms with van der Waals surface area (Å²) in [6.45, 7) is 0. The molecule has 1 aliphatic rings. The van der Waals surface area contributed by atoms with E-state index in [2.05, 4.69) is 5.32 Å². The summed E-state index contributed by atoms with van der Waals surface area (Å²) in [6, 6.07) is 4.08. The third kappa shape index (κ3) is 3.27. The Morgan fingerprint density at radius 2 is 2.00 bits per heavy atom. The second-order valence-corrected chi connectivity index (χ2v) is 4.55. The number of carbonyl (C=O) groups is 2. The van der Waals surface area contributed by atoms with E-state index in [1.54, 1.807) is 0 Å². The van der Waals surface area contributed by atoms with E-state index in [1.165, 1.54) is 18.2 Å². The average Bonchev–Trinajstić information content (AvgIpc) is 3.19. The molecule has 0 bridgehead atoms. The predicted molar refractivity (Wildman–Crippen MR) is 63.0 cm³/mol. The quantitative estimate of drug-likeness (QED) is 0.861. The number of halogens is 2. The van der Waals surface area contributed by atoms with Crippen molar-refractivity contribution >= 4 is 11.9 Å². The molecule has 1 amide bonds. The molecule has 0 radical (unpaired) electrons. The molecule has 1 saturated carbocycles. The Morgan fingerprint density at radius 1 is 1.32 bits per heavy atom. The van der Waals surface area contributed by atoms with E-state index in [1.807, 2.05) is 0 Å². The van der Waals surface area contributed by atoms with Gasteiger partial charge < -0.3 is 10.4 Å². The molecule has 0 spiro atoms. The van der Waals surface area contributed by atoms with Gasteiger partial charge in [-0.05, 0) is 30.9 Å². The number of carbonyl (C=O) groups excluding carboxylic acids is 1. The number of carboxylic acid groups (broad SMARTS) is 1. The van der Waals surface area contributed by atoms with Gasteiger partial charge in [-0.25, -0.2) is 13.6 Å². The molecule has 2 N–H and O–H groups in total. The summed E-state index contributed by atoms with van der Waals surface area (Å²) in [5.41, 5.74) is -0.212. The van der Waals surface area contributed by atoms with E-state index in [-0.39, 0.29) is 17.0 Å². The maximum atomic E-state index is 12.5. The standard InChI is InChI=1S/C13H13F2NO3/c14-11(15)8-2-1-3-9(6-8)12(17)16-10(13(18)19)7-4-5-7/h1-3,6-7,10-11H,4-5H2,(H,16,17)(H,18,19). The van der Waals surface area contributed by atoms with E-state index in [0.29, 0.717) is 0 Å². The van der Waals surface area contributed by atoms with Gasteiger partial charge in [0.2, 0.25) is 0 Å². The number of alkyl halides is 2. The molecular formula is C13H13F2NO3. The molecule has 1 unspecified atom stereocenters. The topological polar surface area (TPSA) is 66.4 Å². The molecule has 0 aliphatic heterocycles. The maximum absolute atomic E-state index is 12.5. The first kappa shape index (κ1) is 13.5. The second-order valence-electron chi connectivity index (χ2n) is 4.55. The van der Waals surface area contributed by atoms with Crippen molar-refractivity contribution < 1.29 is 23.5 Å². The molecule has 1 aromatic rings. The highest BCUT2D eigenvalue weighted by molar-refractivity contribution is 5.96. The molecule has 1 aromatic carbocycles. The first-order valence-electron chi connectivity index (χ1n) is 5.91. The minimum atomic E-state index is -2.66. The lowest BCUT2D eigenvalue weighted by atomic mass is 10.1. The fourth-order valence-corrected chi connectivity index (χ4v) is 1.85. The lowest BCUT2D eigenvalue weighted by Crippen LogP contribution is -2.42. The van der Waals surface area contributed by atoms with Crippen LogP contribution in [0.2, 0.25) is 0 Å². The number of hydrogen-bond donors (Lipinski definition) is 2. The Balaban J connectivity index is 2.10. The van der Waals surface area contributed by atoms with Crippen LogP contribution >= 0.6 is 0 Å². The van der Waals surface area contributed by atoms with Gasteiger partial charge in [-0.2, -0.15) is 0 Å². The first-order chi connectivity index (χ1) is 8.99. The minimum absolute atomic E-state index is 0.0460. The van der Waals surface area contributed by atoms with Crippen LogP contribution in [-0.4, -0.2) is 23.0 Å². The average molecular weight is 269 g/mol. The predicted octanol–water partition coefficient (Wildman–Crippen LogP) is 2.22. The van der Waals surface area contributed by atoms with E-state index in [0.717, 1.165) is 18.9 Å². The third-order valence-corrected chi connectivity index (χ3v) is 3.05. The number of benzene rings is 1. The summed E-state index contributed by atoms with van der Waals surface area (Å²) in [7, 11) is 0. The summed E-state index contributed by atoms with van der Waals surface area (Å²) < 4.78 is 25.0. The van der Waals surface area contributed by atoms with Crippen molar-refractivity contribution in [1.82, 2.24) is 5.32 Å². The molecule has 4 nitrogen and oxygen atoms in total. The zero-order valence-corrected chi connectivity index (χ0v) is 9.98. The molecule has 2 rings (SSSR count). The van der Waals surface area contributed by atoms with E-state index in [4.69, 9.17) is 5.11 Å². The molecule has 0 aromatic heterocycles. The van der Waals surface area contributed by atoms with Gasteiger partial charge in [0, 0.05) is 11.1 Å². The van der Waals surface area contributed by atoms with Gasteiger partial charge in [-0.1, -0.05) is 12.1 Å². The highest BCUT2D eigenvalue weighted by Gasteiger charge is 2.37. The molecule has 102 valence electrons. The van der Waals surface area contributed by atoms with Gasteiger partial charge in [-0.15, -0.1) is 0 Å². The van der Waals surface area contributed by atoms with Crippen LogP contribution in [0.25, 0.3) is 0 Å². The molecule has 0 saturated heterocycles. The minimum Gasteiger partial charge on any atom is -0.480 e. The lowest BCUT2D eigenvalue weighted by molar-refractivity contribution is -0.139. The van der Waals surface area contributed by atoms with Gasteiger partial charge in [0.25, 0.3) is 12.3 Å². The molecular weight excluding hydrogens is 256 g/mol. The summed E-state index contributed by atoms with van der Waals surface area (Å²) >= 11 is 0. The first-order valence-corrected chi connectivity index (χ1v) is 5.91. The van der Waals surface area contributed by atoms with Crippen molar-refractivity contribution in [3.8, 4) is 0 Å². The van der Waals surface area contributed by atoms with Gasteiger partial charge >= 0.3 is 5.97 Å². The zero-order chi connectivity index (χ0) is 14.0. The number of nitrogens with one attached hydrogen (secondary N) is 1. The van der Waals surface area contributed by atoms with Crippen molar-refractivity contribution in [3.05, 3.63) is 35.4 Å². The van der Waals surface area contributed by atoms with Crippen LogP contribution < -0.4 is 5.32 Å². The maximum Gasteiger partial charge on any atom is 0.326 e. The van der Waals surface area contributed by atoms with Crippen molar-refractivity contribution in [2.45, 2.75) is 25.3 Å². The summed E-state index contributed by atoms with van der Waals surface area (Å²) in [5.74, 6) is -1.79. The molecule has 6 heteroatoms. The summed E-state index contributed by atoms with van der Waals surface area (Å²) in [4.78, 5) is 22.8. The van der Waals surface area contributed by atoms with Gasteiger partial charge in [0.1, 0.15) is 6.04 Å². The van der Waals surface area contributed by atoms with Crippen LogP contribution in [0, 0.1) is 5.92 Å². The molecule has 19 heavy (non-hydrogen) atoms. The SMILES string of the molecule is O=C(NC(C(=O)O)C1CC1)c1cccc(C(F)F)c1. The Bertz CT molecular complexity index is 500. The number of rotatable bonds is 5. The van der Waals surface area contributed by atoms with E-state index >= 15 is 0 Å². The van der Waals surface area contributed by atoms with Crippen LogP contribution in [-0.2, 0) is 4.79 Å². The largest absolute Gasteiger partial charge is 0.480 e. The van der Waals surface area contributed by atoms with Crippen LogP contribution in [0.1, 0.15) is 35.2 Å². The van der Waals surface area contributed by atoms with E-state index in [9.17, 15) is 18.4 Å². The van der Waals surface area contributed by atoms with Crippen LogP contribution in [0.3, 0.4) is 0 Å². The van der Waals surface area contributed by atoms with Crippen molar-refractivity contribution in [3.63, 3.8) is 0 Å². The monoisotopic (exact) mass is 269 g/mol. The Morgan fingerprint density at radius 3 is 2.53 bits per heavy atom. The fraction of sp³-hybridized carbons (Fsp3) is 0.385.